The Morgan fingerprint density at radius 2 is 1.89 bits per heavy atom. The zero-order valence-electron chi connectivity index (χ0n) is 11.2. The Balaban J connectivity index is 1.89. The molecule has 0 aromatic rings. The van der Waals surface area contributed by atoms with Gasteiger partial charge in [-0.15, -0.1) is 0 Å². The van der Waals surface area contributed by atoms with Crippen LogP contribution >= 0.6 is 0 Å². The summed E-state index contributed by atoms with van der Waals surface area (Å²) in [6.07, 6.45) is 8.42. The molecule has 1 N–H and O–H groups in total. The van der Waals surface area contributed by atoms with Gasteiger partial charge in [0, 0.05) is 5.57 Å². The molecule has 100 valence electrons. The molecule has 4 aliphatic rings. The minimum Gasteiger partial charge on any atom is -0.466 e. The maximum Gasteiger partial charge on any atom is 0.333 e. The third-order valence-corrected chi connectivity index (χ3v) is 5.11. The summed E-state index contributed by atoms with van der Waals surface area (Å²) in [7, 11) is 1.42. The van der Waals surface area contributed by atoms with Gasteiger partial charge in [0.2, 0.25) is 0 Å². The van der Waals surface area contributed by atoms with Gasteiger partial charge < -0.3 is 9.84 Å². The summed E-state index contributed by atoms with van der Waals surface area (Å²) in [6.45, 7) is 1.83. The zero-order valence-corrected chi connectivity index (χ0v) is 11.2. The molecule has 0 amide bonds. The van der Waals surface area contributed by atoms with Crippen molar-refractivity contribution in [3.05, 3.63) is 11.6 Å². The van der Waals surface area contributed by atoms with Crippen LogP contribution in [0.15, 0.2) is 11.6 Å². The fraction of sp³-hybridized carbons (Fsp3) is 0.800. The summed E-state index contributed by atoms with van der Waals surface area (Å²) in [4.78, 5) is 11.6. The van der Waals surface area contributed by atoms with Crippen LogP contribution in [0, 0.1) is 17.3 Å². The SMILES string of the molecule is COC(=O)C(C)=CC12CC3CC(CC(O)(C3)C1)C2. The van der Waals surface area contributed by atoms with Crippen LogP contribution in [-0.2, 0) is 9.53 Å². The molecule has 2 unspecified atom stereocenters. The summed E-state index contributed by atoms with van der Waals surface area (Å²) < 4.78 is 4.78. The second-order valence-corrected chi connectivity index (χ2v) is 6.87. The van der Waals surface area contributed by atoms with E-state index in [2.05, 4.69) is 6.08 Å². The standard InChI is InChI=1S/C15H22O3/c1-10(13(16)18-2)4-14-5-11-3-12(6-14)8-15(17,7-11)9-14/h4,11-12,17H,3,5-9H2,1-2H3. The lowest BCUT2D eigenvalue weighted by molar-refractivity contribution is -0.149. The van der Waals surface area contributed by atoms with Crippen molar-refractivity contribution in [2.24, 2.45) is 17.3 Å². The number of esters is 1. The van der Waals surface area contributed by atoms with Gasteiger partial charge in [-0.25, -0.2) is 4.79 Å². The van der Waals surface area contributed by atoms with Crippen molar-refractivity contribution in [2.45, 2.75) is 51.0 Å². The first kappa shape index (κ1) is 12.2. The van der Waals surface area contributed by atoms with Crippen LogP contribution in [0.25, 0.3) is 0 Å². The van der Waals surface area contributed by atoms with Crippen LogP contribution in [0.5, 0.6) is 0 Å². The third kappa shape index (κ3) is 1.89. The van der Waals surface area contributed by atoms with Gasteiger partial charge in [0.15, 0.2) is 0 Å². The summed E-state index contributed by atoms with van der Waals surface area (Å²) in [6, 6.07) is 0. The number of ether oxygens (including phenoxy) is 1. The smallest absolute Gasteiger partial charge is 0.333 e. The van der Waals surface area contributed by atoms with Crippen molar-refractivity contribution >= 4 is 5.97 Å². The predicted molar refractivity (Wildman–Crippen MR) is 67.8 cm³/mol. The number of hydrogen-bond acceptors (Lipinski definition) is 3. The molecule has 18 heavy (non-hydrogen) atoms. The van der Waals surface area contributed by atoms with E-state index in [9.17, 15) is 9.90 Å². The van der Waals surface area contributed by atoms with E-state index in [1.165, 1.54) is 13.5 Å². The van der Waals surface area contributed by atoms with Gasteiger partial charge in [-0.1, -0.05) is 6.08 Å². The maximum absolute atomic E-state index is 11.6. The average Bonchev–Trinajstić information content (AvgIpc) is 2.23. The molecule has 0 aromatic heterocycles. The third-order valence-electron chi connectivity index (χ3n) is 5.11. The van der Waals surface area contributed by atoms with Crippen molar-refractivity contribution < 1.29 is 14.6 Å². The van der Waals surface area contributed by atoms with E-state index >= 15 is 0 Å². The maximum atomic E-state index is 11.6. The lowest BCUT2D eigenvalue weighted by Crippen LogP contribution is -2.55. The van der Waals surface area contributed by atoms with Crippen molar-refractivity contribution in [3.8, 4) is 0 Å². The lowest BCUT2D eigenvalue weighted by atomic mass is 9.48. The number of carbonyl (C=O) groups is 1. The molecule has 3 heteroatoms. The van der Waals surface area contributed by atoms with E-state index in [1.807, 2.05) is 6.92 Å². The average molecular weight is 250 g/mol. The zero-order chi connectivity index (χ0) is 13.0. The van der Waals surface area contributed by atoms with Crippen LogP contribution in [0.3, 0.4) is 0 Å². The second-order valence-electron chi connectivity index (χ2n) is 6.87. The van der Waals surface area contributed by atoms with Gasteiger partial charge in [-0.05, 0) is 62.7 Å². The van der Waals surface area contributed by atoms with E-state index < -0.39 is 5.60 Å². The molecule has 0 aromatic carbocycles. The molecule has 0 heterocycles. The normalized spacial score (nSPS) is 46.3. The Bertz CT molecular complexity index is 396. The molecule has 0 saturated heterocycles. The molecule has 4 bridgehead atoms. The minimum atomic E-state index is -0.461. The highest BCUT2D eigenvalue weighted by Gasteiger charge is 2.56. The van der Waals surface area contributed by atoms with E-state index in [0.29, 0.717) is 17.4 Å². The molecule has 4 rings (SSSR count). The molecule has 0 spiro atoms. The van der Waals surface area contributed by atoms with Crippen LogP contribution in [0.2, 0.25) is 0 Å². The number of carbonyl (C=O) groups excluding carboxylic acids is 1. The molecule has 4 aliphatic carbocycles. The molecule has 4 fully saturated rings. The summed E-state index contributed by atoms with van der Waals surface area (Å²) in [5, 5.41) is 10.6. The minimum absolute atomic E-state index is 0.0527. The molecule has 4 saturated carbocycles. The predicted octanol–water partition coefficient (Wildman–Crippen LogP) is 2.44. The van der Waals surface area contributed by atoms with Crippen molar-refractivity contribution in [1.82, 2.24) is 0 Å². The highest BCUT2D eigenvalue weighted by atomic mass is 16.5. The highest BCUT2D eigenvalue weighted by molar-refractivity contribution is 5.87. The number of aliphatic hydroxyl groups is 1. The first-order valence-electron chi connectivity index (χ1n) is 6.94. The Hall–Kier alpha value is -0.830. The largest absolute Gasteiger partial charge is 0.466 e. The number of allylic oxidation sites excluding steroid dienone is 1. The Morgan fingerprint density at radius 1 is 1.28 bits per heavy atom. The number of methoxy groups -OCH3 is 1. The molecule has 3 nitrogen and oxygen atoms in total. The van der Waals surface area contributed by atoms with E-state index in [-0.39, 0.29) is 11.4 Å². The van der Waals surface area contributed by atoms with E-state index in [4.69, 9.17) is 4.74 Å². The fourth-order valence-electron chi connectivity index (χ4n) is 5.13. The van der Waals surface area contributed by atoms with Crippen LogP contribution < -0.4 is 0 Å². The first-order valence-corrected chi connectivity index (χ1v) is 6.94. The molecule has 0 radical (unpaired) electrons. The Morgan fingerprint density at radius 3 is 2.39 bits per heavy atom. The van der Waals surface area contributed by atoms with E-state index in [1.54, 1.807) is 0 Å². The molecular formula is C15H22O3. The quantitative estimate of drug-likeness (QED) is 0.605. The van der Waals surface area contributed by atoms with Crippen LogP contribution in [-0.4, -0.2) is 23.8 Å². The number of hydrogen-bond donors (Lipinski definition) is 1. The molecular weight excluding hydrogens is 228 g/mol. The number of rotatable bonds is 2. The van der Waals surface area contributed by atoms with Gasteiger partial charge in [-0.3, -0.25) is 0 Å². The Labute approximate surface area is 108 Å². The lowest BCUT2D eigenvalue weighted by Gasteiger charge is -2.59. The molecule has 0 aliphatic heterocycles. The fourth-order valence-corrected chi connectivity index (χ4v) is 5.13. The molecule has 2 atom stereocenters. The van der Waals surface area contributed by atoms with Crippen molar-refractivity contribution in [2.75, 3.05) is 7.11 Å². The summed E-state index contributed by atoms with van der Waals surface area (Å²) in [5.74, 6) is 1.06. The van der Waals surface area contributed by atoms with E-state index in [0.717, 1.165) is 32.1 Å². The second kappa shape index (κ2) is 3.83. The highest BCUT2D eigenvalue weighted by Crippen LogP contribution is 2.62. The summed E-state index contributed by atoms with van der Waals surface area (Å²) in [5.41, 5.74) is 0.289. The van der Waals surface area contributed by atoms with Gasteiger partial charge in [0.05, 0.1) is 12.7 Å². The monoisotopic (exact) mass is 250 g/mol. The van der Waals surface area contributed by atoms with Gasteiger partial charge in [0.25, 0.3) is 0 Å². The van der Waals surface area contributed by atoms with Crippen LogP contribution in [0.4, 0.5) is 0 Å². The van der Waals surface area contributed by atoms with Gasteiger partial charge in [0.1, 0.15) is 0 Å². The van der Waals surface area contributed by atoms with Crippen molar-refractivity contribution in [3.63, 3.8) is 0 Å². The first-order chi connectivity index (χ1) is 8.44. The van der Waals surface area contributed by atoms with Gasteiger partial charge >= 0.3 is 5.97 Å². The summed E-state index contributed by atoms with van der Waals surface area (Å²) >= 11 is 0. The van der Waals surface area contributed by atoms with Crippen LogP contribution in [0.1, 0.15) is 45.4 Å². The van der Waals surface area contributed by atoms with Gasteiger partial charge in [-0.2, -0.15) is 0 Å². The Kier molecular flexibility index (Phi) is 2.60. The topological polar surface area (TPSA) is 46.5 Å². The van der Waals surface area contributed by atoms with Crippen molar-refractivity contribution in [1.29, 1.82) is 0 Å².